The van der Waals surface area contributed by atoms with Gasteiger partial charge in [-0.25, -0.2) is 9.67 Å². The van der Waals surface area contributed by atoms with E-state index in [1.54, 1.807) is 19.4 Å². The van der Waals surface area contributed by atoms with E-state index in [0.29, 0.717) is 11.3 Å². The van der Waals surface area contributed by atoms with Crippen molar-refractivity contribution in [3.05, 3.63) is 70.4 Å². The van der Waals surface area contributed by atoms with Gasteiger partial charge in [-0.1, -0.05) is 12.1 Å². The Hall–Kier alpha value is -3.52. The van der Waals surface area contributed by atoms with Gasteiger partial charge in [-0.2, -0.15) is 0 Å². The zero-order valence-electron chi connectivity index (χ0n) is 15.9. The van der Waals surface area contributed by atoms with Crippen molar-refractivity contribution < 1.29 is 4.74 Å². The van der Waals surface area contributed by atoms with Crippen molar-refractivity contribution in [1.82, 2.24) is 24.3 Å². The second-order valence-electron chi connectivity index (χ2n) is 6.69. The summed E-state index contributed by atoms with van der Waals surface area (Å²) >= 11 is 1.45. The Balaban J connectivity index is 1.57. The highest BCUT2D eigenvalue weighted by molar-refractivity contribution is 7.18. The van der Waals surface area contributed by atoms with Crippen LogP contribution in [0, 0.1) is 0 Å². The van der Waals surface area contributed by atoms with Crippen LogP contribution in [-0.2, 0) is 20.7 Å². The number of hydrogen-bond acceptors (Lipinski definition) is 6. The SMILES string of the molecule is Cn1nc(OCc2nc3ccccc3n2C)c2scc(-c3ccncc3)c2c1=O. The van der Waals surface area contributed by atoms with Gasteiger partial charge >= 0.3 is 0 Å². The molecule has 0 saturated heterocycles. The highest BCUT2D eigenvalue weighted by Crippen LogP contribution is 2.35. The smallest absolute Gasteiger partial charge is 0.276 e. The Labute approximate surface area is 169 Å². The quantitative estimate of drug-likeness (QED) is 0.459. The second kappa shape index (κ2) is 6.82. The molecule has 5 rings (SSSR count). The maximum absolute atomic E-state index is 12.8. The molecule has 0 atom stereocenters. The summed E-state index contributed by atoms with van der Waals surface area (Å²) < 4.78 is 10.1. The molecule has 4 aromatic heterocycles. The Morgan fingerprint density at radius 1 is 1.10 bits per heavy atom. The molecule has 0 unspecified atom stereocenters. The minimum atomic E-state index is -0.150. The lowest BCUT2D eigenvalue weighted by atomic mass is 10.1. The number of rotatable bonds is 4. The van der Waals surface area contributed by atoms with Gasteiger partial charge in [-0.3, -0.25) is 9.78 Å². The van der Waals surface area contributed by atoms with Crippen LogP contribution in [0.25, 0.3) is 32.2 Å². The number of imidazole rings is 1. The van der Waals surface area contributed by atoms with Crippen LogP contribution < -0.4 is 10.3 Å². The Morgan fingerprint density at radius 2 is 1.90 bits per heavy atom. The number of nitrogens with zero attached hydrogens (tertiary/aromatic N) is 5. The minimum Gasteiger partial charge on any atom is -0.467 e. The molecule has 0 aliphatic heterocycles. The average Bonchev–Trinajstić information content (AvgIpc) is 3.33. The number of fused-ring (bicyclic) bond motifs is 2. The summed E-state index contributed by atoms with van der Waals surface area (Å²) in [5.74, 6) is 1.22. The zero-order valence-corrected chi connectivity index (χ0v) is 16.7. The van der Waals surface area contributed by atoms with E-state index in [-0.39, 0.29) is 12.2 Å². The number of hydrogen-bond donors (Lipinski definition) is 0. The van der Waals surface area contributed by atoms with Gasteiger partial charge in [0.2, 0.25) is 5.88 Å². The Bertz CT molecular complexity index is 1400. The van der Waals surface area contributed by atoms with Crippen molar-refractivity contribution in [1.29, 1.82) is 0 Å². The van der Waals surface area contributed by atoms with Crippen LogP contribution in [0.5, 0.6) is 5.88 Å². The maximum Gasteiger partial charge on any atom is 0.276 e. The van der Waals surface area contributed by atoms with Gasteiger partial charge in [0.15, 0.2) is 0 Å². The highest BCUT2D eigenvalue weighted by atomic mass is 32.1. The molecule has 144 valence electrons. The fraction of sp³-hybridized carbons (Fsp3) is 0.143. The molecule has 0 radical (unpaired) electrons. The number of pyridine rings is 1. The minimum absolute atomic E-state index is 0.150. The summed E-state index contributed by atoms with van der Waals surface area (Å²) in [6.45, 7) is 0.258. The summed E-state index contributed by atoms with van der Waals surface area (Å²) in [6.07, 6.45) is 3.43. The van der Waals surface area contributed by atoms with E-state index in [9.17, 15) is 4.79 Å². The lowest BCUT2D eigenvalue weighted by molar-refractivity contribution is 0.278. The van der Waals surface area contributed by atoms with E-state index >= 15 is 0 Å². The van der Waals surface area contributed by atoms with Gasteiger partial charge in [-0.15, -0.1) is 16.4 Å². The molecule has 0 N–H and O–H groups in total. The third-order valence-corrected chi connectivity index (χ3v) is 5.91. The number of aromatic nitrogens is 5. The van der Waals surface area contributed by atoms with E-state index in [2.05, 4.69) is 15.1 Å². The summed E-state index contributed by atoms with van der Waals surface area (Å²) in [5.41, 5.74) is 3.62. The first kappa shape index (κ1) is 17.6. The van der Waals surface area contributed by atoms with E-state index in [1.807, 2.05) is 53.4 Å². The van der Waals surface area contributed by atoms with Crippen LogP contribution >= 0.6 is 11.3 Å². The predicted octanol–water partition coefficient (Wildman–Crippen LogP) is 3.52. The molecule has 29 heavy (non-hydrogen) atoms. The third-order valence-electron chi connectivity index (χ3n) is 4.94. The zero-order chi connectivity index (χ0) is 20.0. The van der Waals surface area contributed by atoms with Gasteiger partial charge in [0.25, 0.3) is 5.56 Å². The van der Waals surface area contributed by atoms with Gasteiger partial charge in [0.05, 0.1) is 16.4 Å². The van der Waals surface area contributed by atoms with Crippen LogP contribution in [0.2, 0.25) is 0 Å². The summed E-state index contributed by atoms with van der Waals surface area (Å²) in [6, 6.07) is 11.7. The largest absolute Gasteiger partial charge is 0.467 e. The van der Waals surface area contributed by atoms with Crippen molar-refractivity contribution in [2.24, 2.45) is 14.1 Å². The monoisotopic (exact) mass is 403 g/mol. The van der Waals surface area contributed by atoms with E-state index in [1.165, 1.54) is 16.0 Å². The van der Waals surface area contributed by atoms with Crippen LogP contribution in [0.15, 0.2) is 59.0 Å². The van der Waals surface area contributed by atoms with Crippen LogP contribution in [-0.4, -0.2) is 24.3 Å². The average molecular weight is 403 g/mol. The van der Waals surface area contributed by atoms with Gasteiger partial charge in [0, 0.05) is 37.4 Å². The maximum atomic E-state index is 12.8. The summed E-state index contributed by atoms with van der Waals surface area (Å²) in [5, 5.41) is 6.92. The topological polar surface area (TPSA) is 74.8 Å². The molecule has 0 saturated carbocycles. The van der Waals surface area contributed by atoms with Crippen molar-refractivity contribution in [3.8, 4) is 17.0 Å². The van der Waals surface area contributed by atoms with Gasteiger partial charge in [0.1, 0.15) is 17.1 Å². The van der Waals surface area contributed by atoms with E-state index in [4.69, 9.17) is 4.74 Å². The first-order valence-electron chi connectivity index (χ1n) is 9.05. The fourth-order valence-electron chi connectivity index (χ4n) is 3.41. The summed E-state index contributed by atoms with van der Waals surface area (Å²) in [4.78, 5) is 21.5. The number of ether oxygens (including phenoxy) is 1. The fourth-order valence-corrected chi connectivity index (χ4v) is 4.42. The molecule has 8 heteroatoms. The van der Waals surface area contributed by atoms with Crippen molar-refractivity contribution >= 4 is 32.5 Å². The molecule has 5 aromatic rings. The molecule has 0 bridgehead atoms. The van der Waals surface area contributed by atoms with Crippen LogP contribution in [0.4, 0.5) is 0 Å². The van der Waals surface area contributed by atoms with Gasteiger partial charge < -0.3 is 9.30 Å². The number of aryl methyl sites for hydroxylation is 2. The highest BCUT2D eigenvalue weighted by Gasteiger charge is 2.18. The van der Waals surface area contributed by atoms with Crippen LogP contribution in [0.1, 0.15) is 5.82 Å². The third kappa shape index (κ3) is 2.89. The molecule has 0 aliphatic carbocycles. The van der Waals surface area contributed by atoms with Crippen molar-refractivity contribution in [2.75, 3.05) is 0 Å². The lowest BCUT2D eigenvalue weighted by Crippen LogP contribution is -2.20. The molecule has 0 amide bonds. The molecule has 4 heterocycles. The Morgan fingerprint density at radius 3 is 2.69 bits per heavy atom. The van der Waals surface area contributed by atoms with Crippen molar-refractivity contribution in [2.45, 2.75) is 6.61 Å². The van der Waals surface area contributed by atoms with Crippen molar-refractivity contribution in [3.63, 3.8) is 0 Å². The molecular weight excluding hydrogens is 386 g/mol. The number of thiophene rings is 1. The van der Waals surface area contributed by atoms with Crippen LogP contribution in [0.3, 0.4) is 0 Å². The second-order valence-corrected chi connectivity index (χ2v) is 7.57. The molecule has 7 nitrogen and oxygen atoms in total. The molecule has 0 fully saturated rings. The van der Waals surface area contributed by atoms with Gasteiger partial charge in [-0.05, 0) is 29.8 Å². The lowest BCUT2D eigenvalue weighted by Gasteiger charge is -2.08. The number of para-hydroxylation sites is 2. The molecule has 0 spiro atoms. The normalized spacial score (nSPS) is 11.4. The number of benzene rings is 1. The standard InChI is InChI=1S/C21H17N5O2S/c1-25-16-6-4-3-5-15(16)23-17(25)11-28-20-19-18(21(27)26(2)24-20)14(12-29-19)13-7-9-22-10-8-13/h3-10,12H,11H2,1-2H3. The molecule has 0 aliphatic rings. The first-order chi connectivity index (χ1) is 14.1. The molecule has 1 aromatic carbocycles. The Kier molecular flexibility index (Phi) is 4.13. The van der Waals surface area contributed by atoms with E-state index < -0.39 is 0 Å². The first-order valence-corrected chi connectivity index (χ1v) is 9.93. The predicted molar refractivity (Wildman–Crippen MR) is 113 cm³/mol. The summed E-state index contributed by atoms with van der Waals surface area (Å²) in [7, 11) is 3.60. The molecular formula is C21H17N5O2S. The van der Waals surface area contributed by atoms with E-state index in [0.717, 1.165) is 32.7 Å².